The monoisotopic (exact) mass is 327 g/mol. The first kappa shape index (κ1) is 14.7. The number of nitrogens with two attached hydrogens (primary N) is 1. The van der Waals surface area contributed by atoms with Crippen LogP contribution in [0, 0.1) is 5.41 Å². The number of carbonyl (C=O) groups is 1. The molecule has 2 N–H and O–H groups in total. The minimum Gasteiger partial charge on any atom is -0.329 e. The molecule has 19 heavy (non-hydrogen) atoms. The molecule has 0 atom stereocenters. The van der Waals surface area contributed by atoms with Gasteiger partial charge in [0.1, 0.15) is 5.69 Å². The maximum atomic E-state index is 13.0. The molecule has 0 radical (unpaired) electrons. The molecule has 0 bridgehead atoms. The summed E-state index contributed by atoms with van der Waals surface area (Å²) in [4.78, 5) is 13.0. The lowest BCUT2D eigenvalue weighted by Gasteiger charge is -2.30. The number of ketones is 1. The van der Waals surface area contributed by atoms with Gasteiger partial charge in [-0.05, 0) is 35.7 Å². The van der Waals surface area contributed by atoms with Crippen LogP contribution in [0.25, 0.3) is 0 Å². The Labute approximate surface area is 122 Å². The van der Waals surface area contributed by atoms with E-state index < -0.39 is 0 Å². The molecule has 0 saturated heterocycles. The molecule has 1 saturated carbocycles. The summed E-state index contributed by atoms with van der Waals surface area (Å²) in [6.07, 6.45) is 8.14. The molecule has 1 heterocycles. The smallest absolute Gasteiger partial charge is 0.189 e. The van der Waals surface area contributed by atoms with E-state index in [2.05, 4.69) is 21.0 Å². The number of hydrogen-bond acceptors (Lipinski definition) is 3. The fourth-order valence-corrected chi connectivity index (χ4v) is 3.48. The van der Waals surface area contributed by atoms with Gasteiger partial charge in [0.15, 0.2) is 5.78 Å². The first-order chi connectivity index (χ1) is 9.14. The molecule has 0 aromatic carbocycles. The third-order valence-electron chi connectivity index (χ3n) is 4.24. The van der Waals surface area contributed by atoms with Crippen molar-refractivity contribution in [2.75, 3.05) is 6.54 Å². The molecule has 1 aromatic heterocycles. The fraction of sp³-hybridized carbons (Fsp3) is 0.714. The van der Waals surface area contributed by atoms with Crippen LogP contribution in [0.2, 0.25) is 0 Å². The Hall–Kier alpha value is -0.680. The highest BCUT2D eigenvalue weighted by atomic mass is 79.9. The second-order valence-electron chi connectivity index (χ2n) is 5.38. The summed E-state index contributed by atoms with van der Waals surface area (Å²) in [5, 5.41) is 4.25. The normalized spacial score (nSPS) is 19.1. The molecule has 0 aliphatic heterocycles. The van der Waals surface area contributed by atoms with Gasteiger partial charge in [0.2, 0.25) is 0 Å². The van der Waals surface area contributed by atoms with E-state index in [4.69, 9.17) is 5.73 Å². The van der Waals surface area contributed by atoms with E-state index in [0.717, 1.165) is 30.2 Å². The number of Topliss-reactive ketones (excluding diaryl/α,β-unsaturated/α-hetero) is 1. The minimum atomic E-state index is -0.383. The van der Waals surface area contributed by atoms with Crippen LogP contribution in [0.4, 0.5) is 0 Å². The van der Waals surface area contributed by atoms with Crippen molar-refractivity contribution < 1.29 is 4.79 Å². The highest BCUT2D eigenvalue weighted by Gasteiger charge is 2.40. The lowest BCUT2D eigenvalue weighted by atomic mass is 9.75. The van der Waals surface area contributed by atoms with Gasteiger partial charge in [-0.25, -0.2) is 0 Å². The van der Waals surface area contributed by atoms with E-state index in [1.165, 1.54) is 12.8 Å². The molecule has 0 spiro atoms. The van der Waals surface area contributed by atoms with Gasteiger partial charge < -0.3 is 5.73 Å². The molecule has 1 aliphatic carbocycles. The van der Waals surface area contributed by atoms with Gasteiger partial charge in [0.25, 0.3) is 0 Å². The molecule has 1 aromatic rings. The minimum absolute atomic E-state index is 0.170. The zero-order chi connectivity index (χ0) is 13.9. The third kappa shape index (κ3) is 2.77. The standard InChI is InChI=1S/C14H22BrN3O/c1-2-18-12(11(15)9-17-18)13(19)14(10-16)7-5-3-4-6-8-14/h9H,2-8,10,16H2,1H3. The van der Waals surface area contributed by atoms with E-state index in [9.17, 15) is 4.79 Å². The quantitative estimate of drug-likeness (QED) is 0.682. The van der Waals surface area contributed by atoms with Gasteiger partial charge in [-0.15, -0.1) is 0 Å². The van der Waals surface area contributed by atoms with Crippen molar-refractivity contribution in [3.8, 4) is 0 Å². The molecule has 2 rings (SSSR count). The zero-order valence-corrected chi connectivity index (χ0v) is 13.1. The number of aromatic nitrogens is 2. The molecule has 0 unspecified atom stereocenters. The Kier molecular flexibility index (Phi) is 4.79. The average Bonchev–Trinajstić information content (AvgIpc) is 2.65. The van der Waals surface area contributed by atoms with Crippen LogP contribution in [0.5, 0.6) is 0 Å². The van der Waals surface area contributed by atoms with Crippen LogP contribution in [0.1, 0.15) is 55.9 Å². The number of hydrogen-bond donors (Lipinski definition) is 1. The van der Waals surface area contributed by atoms with Gasteiger partial charge in [-0.1, -0.05) is 25.7 Å². The van der Waals surface area contributed by atoms with Gasteiger partial charge in [0, 0.05) is 18.5 Å². The SMILES string of the molecule is CCn1ncc(Br)c1C(=O)C1(CN)CCCCCC1. The molecule has 1 fully saturated rings. The van der Waals surface area contributed by atoms with E-state index in [-0.39, 0.29) is 11.2 Å². The number of carbonyl (C=O) groups excluding carboxylic acids is 1. The first-order valence-electron chi connectivity index (χ1n) is 7.11. The van der Waals surface area contributed by atoms with Crippen molar-refractivity contribution in [2.24, 2.45) is 11.1 Å². The van der Waals surface area contributed by atoms with Gasteiger partial charge in [-0.3, -0.25) is 9.48 Å². The summed E-state index contributed by atoms with van der Waals surface area (Å²) >= 11 is 3.45. The summed E-state index contributed by atoms with van der Waals surface area (Å²) in [5.74, 6) is 0.170. The summed E-state index contributed by atoms with van der Waals surface area (Å²) in [6, 6.07) is 0. The molecular formula is C14H22BrN3O. The Morgan fingerprint density at radius 1 is 1.42 bits per heavy atom. The second kappa shape index (κ2) is 6.18. The highest BCUT2D eigenvalue weighted by Crippen LogP contribution is 2.38. The van der Waals surface area contributed by atoms with Crippen molar-refractivity contribution in [3.63, 3.8) is 0 Å². The Bertz CT molecular complexity index is 448. The number of nitrogens with zero attached hydrogens (tertiary/aromatic N) is 2. The third-order valence-corrected chi connectivity index (χ3v) is 4.82. The maximum Gasteiger partial charge on any atom is 0.189 e. The van der Waals surface area contributed by atoms with E-state index in [1.54, 1.807) is 10.9 Å². The van der Waals surface area contributed by atoms with Crippen molar-refractivity contribution >= 4 is 21.7 Å². The molecular weight excluding hydrogens is 306 g/mol. The zero-order valence-electron chi connectivity index (χ0n) is 11.5. The van der Waals surface area contributed by atoms with Crippen LogP contribution >= 0.6 is 15.9 Å². The number of halogens is 1. The van der Waals surface area contributed by atoms with Gasteiger partial charge in [-0.2, -0.15) is 5.10 Å². The van der Waals surface area contributed by atoms with Crippen LogP contribution in [-0.2, 0) is 6.54 Å². The number of aryl methyl sites for hydroxylation is 1. The molecule has 1 aliphatic rings. The van der Waals surface area contributed by atoms with Crippen LogP contribution in [0.3, 0.4) is 0 Å². The summed E-state index contributed by atoms with van der Waals surface area (Å²) in [6.45, 7) is 3.14. The number of rotatable bonds is 4. The molecule has 0 amide bonds. The Morgan fingerprint density at radius 3 is 2.58 bits per heavy atom. The predicted molar refractivity (Wildman–Crippen MR) is 79.1 cm³/mol. The van der Waals surface area contributed by atoms with Crippen LogP contribution < -0.4 is 5.73 Å². The Balaban J connectivity index is 2.36. The van der Waals surface area contributed by atoms with Crippen LogP contribution in [0.15, 0.2) is 10.7 Å². The van der Waals surface area contributed by atoms with Gasteiger partial charge >= 0.3 is 0 Å². The second-order valence-corrected chi connectivity index (χ2v) is 6.24. The Morgan fingerprint density at radius 2 is 2.05 bits per heavy atom. The lowest BCUT2D eigenvalue weighted by Crippen LogP contribution is -2.39. The van der Waals surface area contributed by atoms with Crippen molar-refractivity contribution in [1.82, 2.24) is 9.78 Å². The lowest BCUT2D eigenvalue weighted by molar-refractivity contribution is 0.0761. The predicted octanol–water partition coefficient (Wildman–Crippen LogP) is 3.15. The van der Waals surface area contributed by atoms with E-state index in [0.29, 0.717) is 18.8 Å². The molecule has 106 valence electrons. The van der Waals surface area contributed by atoms with Crippen LogP contribution in [-0.4, -0.2) is 22.1 Å². The summed E-state index contributed by atoms with van der Waals surface area (Å²) in [7, 11) is 0. The van der Waals surface area contributed by atoms with Gasteiger partial charge in [0.05, 0.1) is 10.7 Å². The topological polar surface area (TPSA) is 60.9 Å². The largest absolute Gasteiger partial charge is 0.329 e. The highest BCUT2D eigenvalue weighted by molar-refractivity contribution is 9.10. The first-order valence-corrected chi connectivity index (χ1v) is 7.90. The fourth-order valence-electron chi connectivity index (χ4n) is 3.01. The molecule has 4 nitrogen and oxygen atoms in total. The van der Waals surface area contributed by atoms with Crippen molar-refractivity contribution in [1.29, 1.82) is 0 Å². The van der Waals surface area contributed by atoms with Crippen molar-refractivity contribution in [3.05, 3.63) is 16.4 Å². The summed E-state index contributed by atoms with van der Waals surface area (Å²) < 4.78 is 2.56. The average molecular weight is 328 g/mol. The van der Waals surface area contributed by atoms with Crippen molar-refractivity contribution in [2.45, 2.75) is 52.0 Å². The summed E-state index contributed by atoms with van der Waals surface area (Å²) in [5.41, 5.74) is 6.30. The maximum absolute atomic E-state index is 13.0. The van der Waals surface area contributed by atoms with E-state index >= 15 is 0 Å². The molecule has 5 heteroatoms. The van der Waals surface area contributed by atoms with E-state index in [1.807, 2.05) is 6.92 Å².